The molecule has 0 saturated heterocycles. The van der Waals surface area contributed by atoms with Crippen molar-refractivity contribution >= 4 is 23.2 Å². The lowest BCUT2D eigenvalue weighted by molar-refractivity contribution is -0.118. The summed E-state index contributed by atoms with van der Waals surface area (Å²) in [7, 11) is 0. The maximum Gasteiger partial charge on any atom is 0.291 e. The number of amides is 2. The molecule has 144 valence electrons. The van der Waals surface area contributed by atoms with E-state index in [1.807, 2.05) is 19.1 Å². The second-order valence-electron chi connectivity index (χ2n) is 5.73. The smallest absolute Gasteiger partial charge is 0.291 e. The number of carbonyl (C=O) groups is 2. The highest BCUT2D eigenvalue weighted by Crippen LogP contribution is 2.26. The Labute approximate surface area is 162 Å². The van der Waals surface area contributed by atoms with E-state index in [0.29, 0.717) is 29.5 Å². The van der Waals surface area contributed by atoms with Crippen LogP contribution in [0.1, 0.15) is 17.5 Å². The van der Waals surface area contributed by atoms with E-state index in [-0.39, 0.29) is 24.2 Å². The highest BCUT2D eigenvalue weighted by molar-refractivity contribution is 6.02. The molecule has 0 saturated carbocycles. The van der Waals surface area contributed by atoms with Crippen LogP contribution in [0.2, 0.25) is 0 Å². The van der Waals surface area contributed by atoms with Gasteiger partial charge in [0.15, 0.2) is 23.9 Å². The zero-order valence-corrected chi connectivity index (χ0v) is 15.3. The summed E-state index contributed by atoms with van der Waals surface area (Å²) in [6.07, 6.45) is 1.43. The molecule has 7 nitrogen and oxygen atoms in total. The molecule has 28 heavy (non-hydrogen) atoms. The molecule has 2 amide bonds. The first-order valence-electron chi connectivity index (χ1n) is 8.75. The van der Waals surface area contributed by atoms with Gasteiger partial charge in [-0.25, -0.2) is 0 Å². The maximum absolute atomic E-state index is 12.1. The molecule has 0 fully saturated rings. The Bertz CT molecular complexity index is 920. The molecule has 2 aromatic carbocycles. The first-order chi connectivity index (χ1) is 13.7. The van der Waals surface area contributed by atoms with Gasteiger partial charge in [-0.2, -0.15) is 0 Å². The number of nitrogens with one attached hydrogen (secondary N) is 2. The van der Waals surface area contributed by atoms with Crippen molar-refractivity contribution in [2.24, 2.45) is 0 Å². The quantitative estimate of drug-likeness (QED) is 0.618. The van der Waals surface area contributed by atoms with Crippen LogP contribution in [-0.2, 0) is 4.79 Å². The fraction of sp³-hybridized carbons (Fsp3) is 0.143. The van der Waals surface area contributed by atoms with Crippen molar-refractivity contribution in [1.82, 2.24) is 0 Å². The summed E-state index contributed by atoms with van der Waals surface area (Å²) in [4.78, 5) is 24.0. The van der Waals surface area contributed by atoms with E-state index in [1.54, 1.807) is 48.5 Å². The topological polar surface area (TPSA) is 89.8 Å². The summed E-state index contributed by atoms with van der Waals surface area (Å²) in [5, 5.41) is 5.44. The molecule has 3 rings (SSSR count). The van der Waals surface area contributed by atoms with E-state index < -0.39 is 0 Å². The number of rotatable bonds is 8. The minimum Gasteiger partial charge on any atom is -0.490 e. The van der Waals surface area contributed by atoms with Crippen molar-refractivity contribution in [1.29, 1.82) is 0 Å². The van der Waals surface area contributed by atoms with Crippen LogP contribution >= 0.6 is 0 Å². The number of ether oxygens (including phenoxy) is 2. The van der Waals surface area contributed by atoms with Gasteiger partial charge in [-0.3, -0.25) is 9.59 Å². The van der Waals surface area contributed by atoms with Gasteiger partial charge in [0.2, 0.25) is 0 Å². The SMILES string of the molecule is CCOc1ccccc1OCC(=O)Nc1ccc(NC(=O)c2ccco2)cc1. The van der Waals surface area contributed by atoms with Crippen molar-refractivity contribution < 1.29 is 23.5 Å². The molecule has 0 spiro atoms. The van der Waals surface area contributed by atoms with Crippen molar-refractivity contribution in [2.75, 3.05) is 23.8 Å². The monoisotopic (exact) mass is 380 g/mol. The number of para-hydroxylation sites is 2. The van der Waals surface area contributed by atoms with Crippen molar-refractivity contribution in [2.45, 2.75) is 6.92 Å². The third-order valence-electron chi connectivity index (χ3n) is 3.68. The average Bonchev–Trinajstić information content (AvgIpc) is 3.24. The molecule has 0 atom stereocenters. The Morgan fingerprint density at radius 3 is 2.11 bits per heavy atom. The van der Waals surface area contributed by atoms with Gasteiger partial charge in [-0.15, -0.1) is 0 Å². The molecular formula is C21H20N2O5. The van der Waals surface area contributed by atoms with Crippen LogP contribution in [0.25, 0.3) is 0 Å². The molecule has 0 aliphatic heterocycles. The molecule has 1 heterocycles. The lowest BCUT2D eigenvalue weighted by Crippen LogP contribution is -2.20. The fourth-order valence-corrected chi connectivity index (χ4v) is 2.42. The molecule has 0 unspecified atom stereocenters. The predicted molar refractivity (Wildman–Crippen MR) is 105 cm³/mol. The van der Waals surface area contributed by atoms with Crippen LogP contribution in [-0.4, -0.2) is 25.0 Å². The van der Waals surface area contributed by atoms with Crippen molar-refractivity contribution in [3.05, 3.63) is 72.7 Å². The molecule has 0 radical (unpaired) electrons. The normalized spacial score (nSPS) is 10.2. The number of furan rings is 1. The summed E-state index contributed by atoms with van der Waals surface area (Å²) in [5.41, 5.74) is 1.17. The zero-order valence-electron chi connectivity index (χ0n) is 15.3. The average molecular weight is 380 g/mol. The van der Waals surface area contributed by atoms with Crippen molar-refractivity contribution in [3.8, 4) is 11.5 Å². The Kier molecular flexibility index (Phi) is 6.30. The van der Waals surface area contributed by atoms with Gasteiger partial charge in [-0.05, 0) is 55.5 Å². The minimum absolute atomic E-state index is 0.152. The van der Waals surface area contributed by atoms with Crippen LogP contribution in [0.5, 0.6) is 11.5 Å². The van der Waals surface area contributed by atoms with Gasteiger partial charge in [-0.1, -0.05) is 12.1 Å². The van der Waals surface area contributed by atoms with E-state index >= 15 is 0 Å². The molecular weight excluding hydrogens is 360 g/mol. The second kappa shape index (κ2) is 9.27. The highest BCUT2D eigenvalue weighted by atomic mass is 16.5. The number of carbonyl (C=O) groups excluding carboxylic acids is 2. The third kappa shape index (κ3) is 5.14. The zero-order chi connectivity index (χ0) is 19.8. The van der Waals surface area contributed by atoms with Crippen LogP contribution in [0, 0.1) is 0 Å². The van der Waals surface area contributed by atoms with E-state index in [2.05, 4.69) is 10.6 Å². The van der Waals surface area contributed by atoms with Crippen molar-refractivity contribution in [3.63, 3.8) is 0 Å². The Morgan fingerprint density at radius 2 is 1.50 bits per heavy atom. The molecule has 3 aromatic rings. The lowest BCUT2D eigenvalue weighted by atomic mass is 10.2. The van der Waals surface area contributed by atoms with E-state index in [4.69, 9.17) is 13.9 Å². The Hall–Kier alpha value is -3.74. The summed E-state index contributed by atoms with van der Waals surface area (Å²) >= 11 is 0. The Balaban J connectivity index is 1.51. The summed E-state index contributed by atoms with van der Waals surface area (Å²) < 4.78 is 16.0. The number of benzene rings is 2. The molecule has 0 aliphatic carbocycles. The summed E-state index contributed by atoms with van der Waals surface area (Å²) in [6.45, 7) is 2.24. The molecule has 0 bridgehead atoms. The van der Waals surface area contributed by atoms with Crippen LogP contribution in [0.15, 0.2) is 71.3 Å². The van der Waals surface area contributed by atoms with Gasteiger partial charge in [0.05, 0.1) is 12.9 Å². The van der Waals surface area contributed by atoms with Gasteiger partial charge >= 0.3 is 0 Å². The first-order valence-corrected chi connectivity index (χ1v) is 8.75. The van der Waals surface area contributed by atoms with E-state index in [9.17, 15) is 9.59 Å². The summed E-state index contributed by atoms with van der Waals surface area (Å²) in [6, 6.07) is 17.1. The fourth-order valence-electron chi connectivity index (χ4n) is 2.42. The molecule has 1 aromatic heterocycles. The second-order valence-corrected chi connectivity index (χ2v) is 5.73. The van der Waals surface area contributed by atoms with Gasteiger partial charge in [0, 0.05) is 11.4 Å². The van der Waals surface area contributed by atoms with Crippen LogP contribution in [0.4, 0.5) is 11.4 Å². The predicted octanol–water partition coefficient (Wildman–Crippen LogP) is 3.95. The number of hydrogen-bond donors (Lipinski definition) is 2. The van der Waals surface area contributed by atoms with E-state index in [0.717, 1.165) is 0 Å². The number of anilines is 2. The molecule has 0 aliphatic rings. The van der Waals surface area contributed by atoms with Gasteiger partial charge < -0.3 is 24.5 Å². The van der Waals surface area contributed by atoms with Crippen LogP contribution < -0.4 is 20.1 Å². The van der Waals surface area contributed by atoms with Gasteiger partial charge in [0.1, 0.15) is 0 Å². The molecule has 7 heteroatoms. The minimum atomic E-state index is -0.344. The van der Waals surface area contributed by atoms with Gasteiger partial charge in [0.25, 0.3) is 11.8 Å². The number of hydrogen-bond acceptors (Lipinski definition) is 5. The standard InChI is InChI=1S/C21H20N2O5/c1-2-26-17-6-3-4-7-18(17)28-14-20(24)22-15-9-11-16(12-10-15)23-21(25)19-8-5-13-27-19/h3-13H,2,14H2,1H3,(H,22,24)(H,23,25). The summed E-state index contributed by atoms with van der Waals surface area (Å²) in [5.74, 6) is 0.675. The van der Waals surface area contributed by atoms with Crippen LogP contribution in [0.3, 0.4) is 0 Å². The third-order valence-corrected chi connectivity index (χ3v) is 3.68. The Morgan fingerprint density at radius 1 is 0.857 bits per heavy atom. The maximum atomic E-state index is 12.1. The molecule has 2 N–H and O–H groups in total. The van der Waals surface area contributed by atoms with E-state index in [1.165, 1.54) is 6.26 Å². The lowest BCUT2D eigenvalue weighted by Gasteiger charge is -2.12. The first kappa shape index (κ1) is 19.0. The largest absolute Gasteiger partial charge is 0.490 e. The highest BCUT2D eigenvalue weighted by Gasteiger charge is 2.10.